The number of pyridine rings is 1. The van der Waals surface area contributed by atoms with Gasteiger partial charge in [-0.1, -0.05) is 0 Å². The van der Waals surface area contributed by atoms with Crippen molar-refractivity contribution in [3.05, 3.63) is 63.8 Å². The van der Waals surface area contributed by atoms with Crippen LogP contribution in [0.4, 0.5) is 19.0 Å². The van der Waals surface area contributed by atoms with Crippen LogP contribution in [0.2, 0.25) is 0 Å². The normalized spacial score (nSPS) is 16.2. The standard InChI is InChI=1S/C25H25F3N6O5.ClH/c1-11(29)22(35)30-12(2)23(36)31-14-5-6-33(9-14)21-19(28)10-34-20(32-21)16(8-17(24(34)37)25(38)39)15-4-3-13(26)7-18(15)27;/h3-4,7-8,10-12,14H,5-6,9,29H2,1-2H3,(H,30,35)(H,31,36)(H,38,39);1H/t11-,12-,14?;/m0./s1. The second-order valence-corrected chi connectivity index (χ2v) is 9.27. The van der Waals surface area contributed by atoms with E-state index in [9.17, 15) is 33.1 Å². The number of halogens is 4. The number of hydrogen-bond acceptors (Lipinski definition) is 7. The predicted molar refractivity (Wildman–Crippen MR) is 141 cm³/mol. The van der Waals surface area contributed by atoms with E-state index in [2.05, 4.69) is 15.6 Å². The highest BCUT2D eigenvalue weighted by molar-refractivity contribution is 5.92. The Morgan fingerprint density at radius 2 is 1.80 bits per heavy atom. The van der Waals surface area contributed by atoms with Crippen LogP contribution in [-0.4, -0.2) is 63.5 Å². The summed E-state index contributed by atoms with van der Waals surface area (Å²) in [5, 5.41) is 14.7. The molecule has 0 radical (unpaired) electrons. The summed E-state index contributed by atoms with van der Waals surface area (Å²) < 4.78 is 44.1. The smallest absolute Gasteiger partial charge is 0.341 e. The third-order valence-electron chi connectivity index (χ3n) is 6.33. The number of amides is 2. The summed E-state index contributed by atoms with van der Waals surface area (Å²) in [6.45, 7) is 3.35. The van der Waals surface area contributed by atoms with Gasteiger partial charge in [-0.25, -0.2) is 22.9 Å². The molecule has 1 unspecified atom stereocenters. The van der Waals surface area contributed by atoms with Crippen molar-refractivity contribution in [2.24, 2.45) is 5.73 Å². The molecule has 0 bridgehead atoms. The van der Waals surface area contributed by atoms with Crippen LogP contribution >= 0.6 is 12.4 Å². The van der Waals surface area contributed by atoms with Crippen LogP contribution in [0.5, 0.6) is 0 Å². The van der Waals surface area contributed by atoms with Gasteiger partial charge in [-0.3, -0.25) is 18.8 Å². The largest absolute Gasteiger partial charge is 0.477 e. The van der Waals surface area contributed by atoms with Gasteiger partial charge >= 0.3 is 5.97 Å². The summed E-state index contributed by atoms with van der Waals surface area (Å²) in [6.07, 6.45) is 1.16. The average molecular weight is 583 g/mol. The lowest BCUT2D eigenvalue weighted by molar-refractivity contribution is -0.129. The van der Waals surface area contributed by atoms with Gasteiger partial charge in [0.15, 0.2) is 11.6 Å². The summed E-state index contributed by atoms with van der Waals surface area (Å²) in [7, 11) is 0. The molecule has 1 aromatic carbocycles. The zero-order valence-electron chi connectivity index (χ0n) is 21.3. The number of nitrogens with two attached hydrogens (primary N) is 1. The number of benzene rings is 1. The van der Waals surface area contributed by atoms with E-state index in [4.69, 9.17) is 5.73 Å². The molecule has 2 amide bonds. The molecule has 40 heavy (non-hydrogen) atoms. The lowest BCUT2D eigenvalue weighted by atomic mass is 10.0. The van der Waals surface area contributed by atoms with Crippen molar-refractivity contribution in [3.63, 3.8) is 0 Å². The van der Waals surface area contributed by atoms with E-state index in [0.717, 1.165) is 24.4 Å². The monoisotopic (exact) mass is 582 g/mol. The lowest BCUT2D eigenvalue weighted by Crippen LogP contribution is -2.51. The number of aromatic nitrogens is 2. The maximum atomic E-state index is 15.2. The molecular weight excluding hydrogens is 557 g/mol. The summed E-state index contributed by atoms with van der Waals surface area (Å²) in [5.74, 6) is -5.66. The fourth-order valence-corrected chi connectivity index (χ4v) is 4.27. The maximum Gasteiger partial charge on any atom is 0.341 e. The fraction of sp³-hybridized carbons (Fsp3) is 0.320. The van der Waals surface area contributed by atoms with Gasteiger partial charge < -0.3 is 26.4 Å². The number of carboxylic acid groups (broad SMARTS) is 1. The molecule has 1 saturated heterocycles. The topological polar surface area (TPSA) is 159 Å². The number of fused-ring (bicyclic) bond motifs is 1. The minimum atomic E-state index is -1.62. The van der Waals surface area contributed by atoms with Crippen molar-refractivity contribution in [1.82, 2.24) is 20.0 Å². The number of aromatic carboxylic acids is 1. The second-order valence-electron chi connectivity index (χ2n) is 9.27. The van der Waals surface area contributed by atoms with Crippen LogP contribution in [0.3, 0.4) is 0 Å². The van der Waals surface area contributed by atoms with Gasteiger partial charge in [-0.2, -0.15) is 0 Å². The van der Waals surface area contributed by atoms with Gasteiger partial charge in [0, 0.05) is 36.3 Å². The Kier molecular flexibility index (Phi) is 9.05. The molecule has 5 N–H and O–H groups in total. The number of rotatable bonds is 7. The van der Waals surface area contributed by atoms with E-state index in [0.29, 0.717) is 16.9 Å². The van der Waals surface area contributed by atoms with E-state index in [1.165, 1.54) is 18.7 Å². The first kappa shape index (κ1) is 30.4. The highest BCUT2D eigenvalue weighted by Crippen LogP contribution is 2.30. The van der Waals surface area contributed by atoms with Gasteiger partial charge in [0.25, 0.3) is 5.56 Å². The van der Waals surface area contributed by atoms with Crippen LogP contribution in [0.25, 0.3) is 16.8 Å². The number of carbonyl (C=O) groups excluding carboxylic acids is 2. The Balaban J connectivity index is 0.00000441. The number of carbonyl (C=O) groups is 3. The van der Waals surface area contributed by atoms with Crippen molar-refractivity contribution in [1.29, 1.82) is 0 Å². The Labute approximate surface area is 231 Å². The highest BCUT2D eigenvalue weighted by Gasteiger charge is 2.30. The molecule has 11 nitrogen and oxygen atoms in total. The first-order chi connectivity index (χ1) is 18.4. The Hall–Kier alpha value is -4.17. The van der Waals surface area contributed by atoms with Crippen LogP contribution in [0.15, 0.2) is 35.3 Å². The fourth-order valence-electron chi connectivity index (χ4n) is 4.27. The van der Waals surface area contributed by atoms with Crippen LogP contribution < -0.4 is 26.8 Å². The molecule has 214 valence electrons. The van der Waals surface area contributed by atoms with Crippen molar-refractivity contribution < 1.29 is 32.7 Å². The number of carboxylic acids is 1. The van der Waals surface area contributed by atoms with E-state index in [1.807, 2.05) is 0 Å². The number of anilines is 1. The van der Waals surface area contributed by atoms with Gasteiger partial charge in [-0.15, -0.1) is 12.4 Å². The highest BCUT2D eigenvalue weighted by atomic mass is 35.5. The molecule has 1 aliphatic rings. The lowest BCUT2D eigenvalue weighted by Gasteiger charge is -2.21. The van der Waals surface area contributed by atoms with Gasteiger partial charge in [0.2, 0.25) is 11.8 Å². The zero-order chi connectivity index (χ0) is 28.6. The third-order valence-corrected chi connectivity index (χ3v) is 6.33. The Morgan fingerprint density at radius 1 is 1.10 bits per heavy atom. The van der Waals surface area contributed by atoms with Gasteiger partial charge in [0.1, 0.15) is 28.9 Å². The first-order valence-corrected chi connectivity index (χ1v) is 11.9. The number of nitrogens with one attached hydrogen (secondary N) is 2. The van der Waals surface area contributed by atoms with Gasteiger partial charge in [0.05, 0.1) is 12.2 Å². The van der Waals surface area contributed by atoms with Crippen LogP contribution in [0.1, 0.15) is 30.6 Å². The molecule has 1 fully saturated rings. The summed E-state index contributed by atoms with van der Waals surface area (Å²) >= 11 is 0. The van der Waals surface area contributed by atoms with Crippen molar-refractivity contribution in [3.8, 4) is 11.1 Å². The number of nitrogens with zero attached hydrogens (tertiary/aromatic N) is 3. The quantitative estimate of drug-likeness (QED) is 0.326. The van der Waals surface area contributed by atoms with E-state index >= 15 is 4.39 Å². The number of hydrogen-bond donors (Lipinski definition) is 4. The zero-order valence-corrected chi connectivity index (χ0v) is 22.1. The van der Waals surface area contributed by atoms with Crippen molar-refractivity contribution >= 4 is 41.7 Å². The molecule has 0 spiro atoms. The van der Waals surface area contributed by atoms with E-state index < -0.39 is 64.5 Å². The molecule has 15 heteroatoms. The van der Waals surface area contributed by atoms with E-state index in [-0.39, 0.29) is 48.1 Å². The van der Waals surface area contributed by atoms with Crippen molar-refractivity contribution in [2.75, 3.05) is 18.0 Å². The molecule has 1 aliphatic heterocycles. The SMILES string of the molecule is C[C@H](N)C(=O)N[C@@H](C)C(=O)NC1CCN(c2nc3c(-c4ccc(F)cc4F)cc(C(=O)O)c(=O)n3cc2F)C1.Cl. The molecule has 0 aliphatic carbocycles. The minimum Gasteiger partial charge on any atom is -0.477 e. The third kappa shape index (κ3) is 6.02. The predicted octanol–water partition coefficient (Wildman–Crippen LogP) is 1.45. The van der Waals surface area contributed by atoms with E-state index in [1.54, 1.807) is 0 Å². The van der Waals surface area contributed by atoms with Crippen LogP contribution in [0, 0.1) is 17.5 Å². The molecule has 0 saturated carbocycles. The Morgan fingerprint density at radius 3 is 2.42 bits per heavy atom. The molecular formula is C25H26ClF3N6O5. The first-order valence-electron chi connectivity index (χ1n) is 11.9. The molecule has 3 aromatic rings. The summed E-state index contributed by atoms with van der Waals surface area (Å²) in [4.78, 5) is 54.4. The average Bonchev–Trinajstić information content (AvgIpc) is 3.32. The minimum absolute atomic E-state index is 0. The molecule has 2 aromatic heterocycles. The second kappa shape index (κ2) is 11.9. The van der Waals surface area contributed by atoms with Crippen LogP contribution in [-0.2, 0) is 9.59 Å². The van der Waals surface area contributed by atoms with Crippen molar-refractivity contribution in [2.45, 2.75) is 38.4 Å². The Bertz CT molecular complexity index is 1550. The van der Waals surface area contributed by atoms with Gasteiger partial charge in [-0.05, 0) is 38.5 Å². The molecule has 3 heterocycles. The maximum absolute atomic E-state index is 15.2. The molecule has 3 atom stereocenters. The summed E-state index contributed by atoms with van der Waals surface area (Å²) in [6, 6.07) is 1.43. The molecule has 4 rings (SSSR count). The summed E-state index contributed by atoms with van der Waals surface area (Å²) in [5.41, 5.74) is 3.01.